The highest BCUT2D eigenvalue weighted by molar-refractivity contribution is 6.29. The Morgan fingerprint density at radius 3 is 2.89 bits per heavy atom. The Hall–Kier alpha value is -1.54. The maximum absolute atomic E-state index is 5.85. The molecular weight excluding hydrogens is 244 g/mol. The third-order valence-electron chi connectivity index (χ3n) is 3.22. The molecule has 92 valence electrons. The van der Waals surface area contributed by atoms with Crippen molar-refractivity contribution in [1.29, 1.82) is 0 Å². The molecule has 0 radical (unpaired) electrons. The largest absolute Gasteiger partial charge is 0.381 e. The molecule has 18 heavy (non-hydrogen) atoms. The molecule has 1 aromatic carbocycles. The highest BCUT2D eigenvalue weighted by atomic mass is 35.5. The second-order valence-electron chi connectivity index (χ2n) is 4.74. The normalized spacial score (nSPS) is 14.5. The van der Waals surface area contributed by atoms with Gasteiger partial charge in [0.25, 0.3) is 0 Å². The van der Waals surface area contributed by atoms with E-state index in [4.69, 9.17) is 11.6 Å². The topological polar surface area (TPSA) is 24.9 Å². The Kier molecular flexibility index (Phi) is 3.20. The summed E-state index contributed by atoms with van der Waals surface area (Å²) in [5.41, 5.74) is 3.79. The van der Waals surface area contributed by atoms with Crippen molar-refractivity contribution in [2.45, 2.75) is 25.3 Å². The summed E-state index contributed by atoms with van der Waals surface area (Å²) in [5.74, 6) is 0.806. The Balaban J connectivity index is 1.67. The number of rotatable bonds is 4. The van der Waals surface area contributed by atoms with Crippen molar-refractivity contribution in [2.75, 3.05) is 5.32 Å². The third kappa shape index (κ3) is 2.82. The predicted molar refractivity (Wildman–Crippen MR) is 75.0 cm³/mol. The van der Waals surface area contributed by atoms with Crippen LogP contribution in [0, 0.1) is 0 Å². The first-order valence-corrected chi connectivity index (χ1v) is 6.63. The van der Waals surface area contributed by atoms with Crippen LogP contribution in [0.15, 0.2) is 42.6 Å². The van der Waals surface area contributed by atoms with Gasteiger partial charge in [-0.1, -0.05) is 35.9 Å². The summed E-state index contributed by atoms with van der Waals surface area (Å²) < 4.78 is 0. The lowest BCUT2D eigenvalue weighted by Crippen LogP contribution is -2.00. The van der Waals surface area contributed by atoms with Crippen LogP contribution in [0.2, 0.25) is 5.15 Å². The van der Waals surface area contributed by atoms with E-state index in [1.165, 1.54) is 24.0 Å². The minimum atomic E-state index is 0.520. The summed E-state index contributed by atoms with van der Waals surface area (Å²) in [6, 6.07) is 12.6. The van der Waals surface area contributed by atoms with Gasteiger partial charge in [0, 0.05) is 18.4 Å². The maximum atomic E-state index is 5.85. The zero-order valence-corrected chi connectivity index (χ0v) is 10.8. The van der Waals surface area contributed by atoms with E-state index >= 15 is 0 Å². The Morgan fingerprint density at radius 2 is 2.11 bits per heavy atom. The lowest BCUT2D eigenvalue weighted by molar-refractivity contribution is 1.08. The molecule has 0 spiro atoms. The monoisotopic (exact) mass is 258 g/mol. The quantitative estimate of drug-likeness (QED) is 0.831. The summed E-state index contributed by atoms with van der Waals surface area (Å²) in [6.45, 7) is 0.820. The molecule has 2 aromatic rings. The van der Waals surface area contributed by atoms with Crippen molar-refractivity contribution in [3.8, 4) is 0 Å². The molecule has 0 amide bonds. The van der Waals surface area contributed by atoms with Crippen LogP contribution in [0.25, 0.3) is 0 Å². The molecule has 0 bridgehead atoms. The number of halogens is 1. The predicted octanol–water partition coefficient (Wildman–Crippen LogP) is 4.22. The van der Waals surface area contributed by atoms with E-state index in [0.717, 1.165) is 18.2 Å². The second kappa shape index (κ2) is 4.99. The number of benzene rings is 1. The minimum Gasteiger partial charge on any atom is -0.381 e. The van der Waals surface area contributed by atoms with Gasteiger partial charge in [-0.2, -0.15) is 0 Å². The summed E-state index contributed by atoms with van der Waals surface area (Å²) in [4.78, 5) is 3.97. The number of hydrogen-bond acceptors (Lipinski definition) is 2. The van der Waals surface area contributed by atoms with Crippen LogP contribution in [0.5, 0.6) is 0 Å². The molecule has 1 fully saturated rings. The summed E-state index contributed by atoms with van der Waals surface area (Å²) >= 11 is 5.85. The highest BCUT2D eigenvalue weighted by Crippen LogP contribution is 2.40. The number of pyridine rings is 1. The minimum absolute atomic E-state index is 0.520. The zero-order chi connectivity index (χ0) is 12.4. The van der Waals surface area contributed by atoms with E-state index in [9.17, 15) is 0 Å². The van der Waals surface area contributed by atoms with Gasteiger partial charge in [-0.05, 0) is 42.0 Å². The molecule has 1 aromatic heterocycles. The first kappa shape index (κ1) is 11.5. The smallest absolute Gasteiger partial charge is 0.131 e. The van der Waals surface area contributed by atoms with Gasteiger partial charge < -0.3 is 5.32 Å². The van der Waals surface area contributed by atoms with Crippen molar-refractivity contribution in [3.05, 3.63) is 58.9 Å². The number of hydrogen-bond donors (Lipinski definition) is 1. The Morgan fingerprint density at radius 1 is 1.22 bits per heavy atom. The standard InChI is InChI=1S/C15H15ClN2/c16-15-9-14(6-7-17-15)18-10-11-2-1-3-13(8-11)12-4-5-12/h1-3,6-9,12H,4-5,10H2,(H,17,18). The highest BCUT2D eigenvalue weighted by Gasteiger charge is 2.23. The van der Waals surface area contributed by atoms with Crippen LogP contribution in [0.1, 0.15) is 29.9 Å². The fraction of sp³-hybridized carbons (Fsp3) is 0.267. The van der Waals surface area contributed by atoms with E-state index in [1.54, 1.807) is 6.20 Å². The fourth-order valence-electron chi connectivity index (χ4n) is 2.09. The van der Waals surface area contributed by atoms with E-state index < -0.39 is 0 Å². The SMILES string of the molecule is Clc1cc(NCc2cccc(C3CC3)c2)ccn1. The second-order valence-corrected chi connectivity index (χ2v) is 5.13. The van der Waals surface area contributed by atoms with Crippen LogP contribution in [0.4, 0.5) is 5.69 Å². The van der Waals surface area contributed by atoms with Crippen LogP contribution in [-0.4, -0.2) is 4.98 Å². The zero-order valence-electron chi connectivity index (χ0n) is 10.1. The number of nitrogens with one attached hydrogen (secondary N) is 1. The lowest BCUT2D eigenvalue weighted by atomic mass is 10.1. The molecule has 0 aliphatic heterocycles. The summed E-state index contributed by atoms with van der Waals surface area (Å²) in [5, 5.41) is 3.88. The van der Waals surface area contributed by atoms with Gasteiger partial charge in [0.05, 0.1) is 0 Å². The molecular formula is C15H15ClN2. The molecule has 1 aliphatic carbocycles. The van der Waals surface area contributed by atoms with Gasteiger partial charge in [-0.3, -0.25) is 0 Å². The molecule has 1 saturated carbocycles. The molecule has 1 heterocycles. The van der Waals surface area contributed by atoms with Gasteiger partial charge in [-0.25, -0.2) is 4.98 Å². The van der Waals surface area contributed by atoms with Crippen LogP contribution in [0.3, 0.4) is 0 Å². The summed E-state index contributed by atoms with van der Waals surface area (Å²) in [6.07, 6.45) is 4.40. The maximum Gasteiger partial charge on any atom is 0.131 e. The average molecular weight is 259 g/mol. The number of anilines is 1. The van der Waals surface area contributed by atoms with Gasteiger partial charge in [0.15, 0.2) is 0 Å². The molecule has 0 unspecified atom stereocenters. The molecule has 0 saturated heterocycles. The van der Waals surface area contributed by atoms with E-state index in [2.05, 4.69) is 34.6 Å². The first-order chi connectivity index (χ1) is 8.81. The Labute approximate surface area is 112 Å². The van der Waals surface area contributed by atoms with E-state index in [0.29, 0.717) is 5.15 Å². The van der Waals surface area contributed by atoms with Crippen LogP contribution in [-0.2, 0) is 6.54 Å². The van der Waals surface area contributed by atoms with Gasteiger partial charge >= 0.3 is 0 Å². The molecule has 3 heteroatoms. The third-order valence-corrected chi connectivity index (χ3v) is 3.43. The summed E-state index contributed by atoms with van der Waals surface area (Å²) in [7, 11) is 0. The number of nitrogens with zero attached hydrogens (tertiary/aromatic N) is 1. The van der Waals surface area contributed by atoms with Crippen molar-refractivity contribution in [3.63, 3.8) is 0 Å². The lowest BCUT2D eigenvalue weighted by Gasteiger charge is -2.08. The molecule has 1 N–H and O–H groups in total. The molecule has 3 rings (SSSR count). The molecule has 2 nitrogen and oxygen atoms in total. The van der Waals surface area contributed by atoms with Crippen LogP contribution >= 0.6 is 11.6 Å². The number of aromatic nitrogens is 1. The average Bonchev–Trinajstić information content (AvgIpc) is 3.21. The van der Waals surface area contributed by atoms with Crippen LogP contribution < -0.4 is 5.32 Å². The fourth-order valence-corrected chi connectivity index (χ4v) is 2.26. The first-order valence-electron chi connectivity index (χ1n) is 6.25. The van der Waals surface area contributed by atoms with Crippen molar-refractivity contribution in [2.24, 2.45) is 0 Å². The van der Waals surface area contributed by atoms with Crippen molar-refractivity contribution >= 4 is 17.3 Å². The van der Waals surface area contributed by atoms with E-state index in [-0.39, 0.29) is 0 Å². The molecule has 1 aliphatic rings. The van der Waals surface area contributed by atoms with Crippen molar-refractivity contribution < 1.29 is 0 Å². The van der Waals surface area contributed by atoms with Gasteiger partial charge in [-0.15, -0.1) is 0 Å². The van der Waals surface area contributed by atoms with Crippen molar-refractivity contribution in [1.82, 2.24) is 4.98 Å². The Bertz CT molecular complexity index is 550. The van der Waals surface area contributed by atoms with E-state index in [1.807, 2.05) is 12.1 Å². The van der Waals surface area contributed by atoms with Gasteiger partial charge in [0.2, 0.25) is 0 Å². The van der Waals surface area contributed by atoms with Gasteiger partial charge in [0.1, 0.15) is 5.15 Å². The molecule has 0 atom stereocenters.